The van der Waals surface area contributed by atoms with E-state index in [1.165, 1.54) is 7.11 Å². The molecule has 0 aromatic heterocycles. The predicted octanol–water partition coefficient (Wildman–Crippen LogP) is 2.85. The monoisotopic (exact) mass is 290 g/mol. The van der Waals surface area contributed by atoms with Crippen molar-refractivity contribution in [2.24, 2.45) is 5.92 Å². The molecular formula is C16H22N2O3. The van der Waals surface area contributed by atoms with Crippen molar-refractivity contribution in [1.29, 1.82) is 0 Å². The minimum absolute atomic E-state index is 0.0202. The van der Waals surface area contributed by atoms with Gasteiger partial charge in [-0.05, 0) is 44.7 Å². The molecule has 114 valence electrons. The first kappa shape index (κ1) is 15.4. The van der Waals surface area contributed by atoms with E-state index in [1.807, 2.05) is 31.2 Å². The highest BCUT2D eigenvalue weighted by Gasteiger charge is 2.27. The minimum Gasteiger partial charge on any atom is -0.469 e. The highest BCUT2D eigenvalue weighted by atomic mass is 16.5. The van der Waals surface area contributed by atoms with Crippen molar-refractivity contribution in [3.63, 3.8) is 0 Å². The van der Waals surface area contributed by atoms with E-state index in [4.69, 9.17) is 4.74 Å². The minimum atomic E-state index is -0.194. The second kappa shape index (κ2) is 7.11. The molecule has 2 rings (SSSR count). The summed E-state index contributed by atoms with van der Waals surface area (Å²) in [5, 5.41) is 5.78. The normalized spacial score (nSPS) is 21.4. The second-order valence-corrected chi connectivity index (χ2v) is 5.54. The number of anilines is 1. The van der Waals surface area contributed by atoms with E-state index in [2.05, 4.69) is 10.6 Å². The number of hydrogen-bond acceptors (Lipinski definition) is 3. The van der Waals surface area contributed by atoms with Gasteiger partial charge in [0.1, 0.15) is 0 Å². The molecule has 1 aliphatic carbocycles. The van der Waals surface area contributed by atoms with Crippen LogP contribution in [0.15, 0.2) is 24.3 Å². The van der Waals surface area contributed by atoms with Gasteiger partial charge in [0.15, 0.2) is 0 Å². The van der Waals surface area contributed by atoms with E-state index in [9.17, 15) is 9.59 Å². The molecule has 1 aliphatic rings. The number of esters is 1. The van der Waals surface area contributed by atoms with Crippen LogP contribution in [-0.2, 0) is 9.53 Å². The van der Waals surface area contributed by atoms with Gasteiger partial charge < -0.3 is 15.4 Å². The van der Waals surface area contributed by atoms with Crippen LogP contribution < -0.4 is 10.6 Å². The topological polar surface area (TPSA) is 67.4 Å². The first-order valence-electron chi connectivity index (χ1n) is 7.30. The number of carbonyl (C=O) groups is 2. The van der Waals surface area contributed by atoms with Gasteiger partial charge in [-0.1, -0.05) is 17.7 Å². The van der Waals surface area contributed by atoms with Crippen molar-refractivity contribution < 1.29 is 14.3 Å². The number of hydrogen-bond donors (Lipinski definition) is 2. The van der Waals surface area contributed by atoms with E-state index in [0.717, 1.165) is 36.9 Å². The van der Waals surface area contributed by atoms with Crippen molar-refractivity contribution in [1.82, 2.24) is 5.32 Å². The smallest absolute Gasteiger partial charge is 0.319 e. The van der Waals surface area contributed by atoms with Gasteiger partial charge in [0, 0.05) is 11.7 Å². The summed E-state index contributed by atoms with van der Waals surface area (Å²) in [4.78, 5) is 23.4. The maximum Gasteiger partial charge on any atom is 0.319 e. The Hall–Kier alpha value is -2.04. The molecule has 0 atom stereocenters. The lowest BCUT2D eigenvalue weighted by molar-refractivity contribution is -0.146. The molecule has 1 saturated carbocycles. The van der Waals surface area contributed by atoms with Gasteiger partial charge in [0.2, 0.25) is 0 Å². The number of amides is 2. The van der Waals surface area contributed by atoms with E-state index in [-0.39, 0.29) is 24.0 Å². The van der Waals surface area contributed by atoms with E-state index < -0.39 is 0 Å². The van der Waals surface area contributed by atoms with Crippen LogP contribution >= 0.6 is 0 Å². The van der Waals surface area contributed by atoms with Gasteiger partial charge in [-0.3, -0.25) is 4.79 Å². The molecule has 0 spiro atoms. The largest absolute Gasteiger partial charge is 0.469 e. The highest BCUT2D eigenvalue weighted by molar-refractivity contribution is 5.89. The Kier molecular flexibility index (Phi) is 5.20. The van der Waals surface area contributed by atoms with Crippen LogP contribution in [0.2, 0.25) is 0 Å². The van der Waals surface area contributed by atoms with Crippen LogP contribution in [0.4, 0.5) is 10.5 Å². The van der Waals surface area contributed by atoms with Gasteiger partial charge in [-0.15, -0.1) is 0 Å². The maximum atomic E-state index is 11.9. The van der Waals surface area contributed by atoms with E-state index in [0.29, 0.717) is 0 Å². The Morgan fingerprint density at radius 2 is 1.71 bits per heavy atom. The second-order valence-electron chi connectivity index (χ2n) is 5.54. The summed E-state index contributed by atoms with van der Waals surface area (Å²) < 4.78 is 4.76. The molecule has 0 unspecified atom stereocenters. The Bertz CT molecular complexity index is 491. The highest BCUT2D eigenvalue weighted by Crippen LogP contribution is 2.25. The predicted molar refractivity (Wildman–Crippen MR) is 81.1 cm³/mol. The molecule has 0 saturated heterocycles. The van der Waals surface area contributed by atoms with E-state index in [1.54, 1.807) is 0 Å². The van der Waals surface area contributed by atoms with Crippen LogP contribution in [0, 0.1) is 12.8 Å². The number of urea groups is 1. The third-order valence-electron chi connectivity index (χ3n) is 3.91. The molecule has 1 aromatic carbocycles. The van der Waals surface area contributed by atoms with Crippen molar-refractivity contribution in [3.8, 4) is 0 Å². The summed E-state index contributed by atoms with van der Waals surface area (Å²) in [5.41, 5.74) is 1.93. The van der Waals surface area contributed by atoms with Crippen LogP contribution in [0.1, 0.15) is 31.2 Å². The molecule has 5 nitrogen and oxygen atoms in total. The average Bonchev–Trinajstić information content (AvgIpc) is 2.49. The van der Waals surface area contributed by atoms with Crippen LogP contribution in [0.25, 0.3) is 0 Å². The SMILES string of the molecule is COC(=O)C1CCC(NC(=O)Nc2ccc(C)cc2)CC1. The summed E-state index contributed by atoms with van der Waals surface area (Å²) in [6, 6.07) is 7.59. The van der Waals surface area contributed by atoms with Gasteiger partial charge in [-0.2, -0.15) is 0 Å². The van der Waals surface area contributed by atoms with Gasteiger partial charge >= 0.3 is 12.0 Å². The van der Waals surface area contributed by atoms with Crippen LogP contribution in [0.5, 0.6) is 0 Å². The molecule has 0 heterocycles. The van der Waals surface area contributed by atoms with Crippen LogP contribution in [-0.4, -0.2) is 25.2 Å². The number of carbonyl (C=O) groups excluding carboxylic acids is 2. The Morgan fingerprint density at radius 3 is 2.29 bits per heavy atom. The lowest BCUT2D eigenvalue weighted by Crippen LogP contribution is -2.41. The van der Waals surface area contributed by atoms with Crippen molar-refractivity contribution in [2.75, 3.05) is 12.4 Å². The van der Waals surface area contributed by atoms with Crippen molar-refractivity contribution in [2.45, 2.75) is 38.6 Å². The fourth-order valence-electron chi connectivity index (χ4n) is 2.63. The van der Waals surface area contributed by atoms with Crippen molar-refractivity contribution >= 4 is 17.7 Å². The molecule has 0 radical (unpaired) electrons. The number of rotatable bonds is 3. The quantitative estimate of drug-likeness (QED) is 0.841. The summed E-state index contributed by atoms with van der Waals surface area (Å²) in [7, 11) is 1.42. The molecule has 2 amide bonds. The van der Waals surface area contributed by atoms with Crippen molar-refractivity contribution in [3.05, 3.63) is 29.8 Å². The molecule has 21 heavy (non-hydrogen) atoms. The molecule has 1 aromatic rings. The zero-order valence-electron chi connectivity index (χ0n) is 12.5. The first-order chi connectivity index (χ1) is 10.1. The maximum absolute atomic E-state index is 11.9. The summed E-state index contributed by atoms with van der Waals surface area (Å²) in [5.74, 6) is -0.161. The number of benzene rings is 1. The summed E-state index contributed by atoms with van der Waals surface area (Å²) in [6.07, 6.45) is 3.15. The van der Waals surface area contributed by atoms with Crippen LogP contribution in [0.3, 0.4) is 0 Å². The zero-order chi connectivity index (χ0) is 15.2. The lowest BCUT2D eigenvalue weighted by atomic mass is 9.86. The van der Waals surface area contributed by atoms with Gasteiger partial charge in [-0.25, -0.2) is 4.79 Å². The standard InChI is InChI=1S/C16H22N2O3/c1-11-3-7-13(8-4-11)17-16(20)18-14-9-5-12(6-10-14)15(19)21-2/h3-4,7-8,12,14H,5-6,9-10H2,1-2H3,(H2,17,18,20). The number of nitrogens with one attached hydrogen (secondary N) is 2. The number of ether oxygens (including phenoxy) is 1. The summed E-state index contributed by atoms with van der Waals surface area (Å²) in [6.45, 7) is 2.00. The number of aryl methyl sites for hydroxylation is 1. The molecule has 0 bridgehead atoms. The van der Waals surface area contributed by atoms with Gasteiger partial charge in [0.05, 0.1) is 13.0 Å². The molecule has 0 aliphatic heterocycles. The van der Waals surface area contributed by atoms with E-state index >= 15 is 0 Å². The molecule has 5 heteroatoms. The average molecular weight is 290 g/mol. The third kappa shape index (κ3) is 4.48. The molecule has 1 fully saturated rings. The molecule has 2 N–H and O–H groups in total. The Morgan fingerprint density at radius 1 is 1.10 bits per heavy atom. The summed E-state index contributed by atoms with van der Waals surface area (Å²) >= 11 is 0. The fraction of sp³-hybridized carbons (Fsp3) is 0.500. The third-order valence-corrected chi connectivity index (χ3v) is 3.91. The zero-order valence-corrected chi connectivity index (χ0v) is 12.5. The lowest BCUT2D eigenvalue weighted by Gasteiger charge is -2.27. The number of methoxy groups -OCH3 is 1. The Labute approximate surface area is 125 Å². The van der Waals surface area contributed by atoms with Gasteiger partial charge in [0.25, 0.3) is 0 Å². The Balaban J connectivity index is 1.76. The first-order valence-corrected chi connectivity index (χ1v) is 7.30. The fourth-order valence-corrected chi connectivity index (χ4v) is 2.63. The molecular weight excluding hydrogens is 268 g/mol.